The van der Waals surface area contributed by atoms with Crippen molar-refractivity contribution in [2.24, 2.45) is 0 Å². The lowest BCUT2D eigenvalue weighted by molar-refractivity contribution is -0.430. The molecule has 0 aliphatic carbocycles. The summed E-state index contributed by atoms with van der Waals surface area (Å²) < 4.78 is 1.65. The molecule has 0 saturated carbocycles. The van der Waals surface area contributed by atoms with Gasteiger partial charge in [-0.2, -0.15) is 4.90 Å². The summed E-state index contributed by atoms with van der Waals surface area (Å²) in [5.41, 5.74) is 1.64. The van der Waals surface area contributed by atoms with Crippen molar-refractivity contribution < 1.29 is 14.2 Å². The number of hydrogen-bond acceptors (Lipinski definition) is 4. The zero-order valence-electron chi connectivity index (χ0n) is 14.0. The topological polar surface area (TPSA) is 66.2 Å². The van der Waals surface area contributed by atoms with Crippen molar-refractivity contribution in [2.45, 2.75) is 31.2 Å². The monoisotopic (exact) mass is 335 g/mol. The van der Waals surface area contributed by atoms with Gasteiger partial charge in [-0.05, 0) is 18.4 Å². The van der Waals surface area contributed by atoms with Gasteiger partial charge in [-0.25, -0.2) is 24.1 Å². The number of nitrogens with zero attached hydrogens (tertiary/aromatic N) is 4. The highest BCUT2D eigenvalue weighted by atomic mass is 16.2. The summed E-state index contributed by atoms with van der Waals surface area (Å²) in [4.78, 5) is 36.2. The maximum atomic E-state index is 13.3. The molecule has 25 heavy (non-hydrogen) atoms. The van der Waals surface area contributed by atoms with Crippen LogP contribution in [0.15, 0.2) is 49.1 Å². The van der Waals surface area contributed by atoms with Crippen LogP contribution in [0.4, 0.5) is 0 Å². The molecule has 6 nitrogen and oxygen atoms in total. The summed E-state index contributed by atoms with van der Waals surface area (Å²) in [6, 6.07) is 9.14. The third kappa shape index (κ3) is 2.54. The van der Waals surface area contributed by atoms with Gasteiger partial charge in [0.05, 0.1) is 7.05 Å². The Labute approximate surface area is 145 Å². The van der Waals surface area contributed by atoms with E-state index < -0.39 is 5.92 Å². The maximum Gasteiger partial charge on any atom is 0.329 e. The fourth-order valence-corrected chi connectivity index (χ4v) is 3.79. The lowest BCUT2D eigenvalue weighted by atomic mass is 9.89. The summed E-state index contributed by atoms with van der Waals surface area (Å²) in [5, 5.41) is 0. The SMILES string of the molecule is C[N+]1=C2CCCC(c3cncnc3)N2C(=O)C(c2ccccc2)C1=O. The molecule has 0 bridgehead atoms. The predicted octanol–water partition coefficient (Wildman–Crippen LogP) is 1.90. The van der Waals surface area contributed by atoms with Crippen LogP contribution in [0.1, 0.15) is 42.3 Å². The minimum atomic E-state index is -0.791. The van der Waals surface area contributed by atoms with E-state index in [0.717, 1.165) is 36.2 Å². The zero-order valence-corrected chi connectivity index (χ0v) is 14.0. The summed E-state index contributed by atoms with van der Waals surface area (Å²) >= 11 is 0. The second-order valence-corrected chi connectivity index (χ2v) is 6.45. The van der Waals surface area contributed by atoms with Gasteiger partial charge in [0, 0.05) is 24.4 Å². The molecule has 2 aliphatic rings. The number of aromatic nitrogens is 2. The number of rotatable bonds is 2. The van der Waals surface area contributed by atoms with E-state index in [0.29, 0.717) is 0 Å². The van der Waals surface area contributed by atoms with E-state index in [2.05, 4.69) is 9.97 Å². The molecule has 6 heteroatoms. The van der Waals surface area contributed by atoms with E-state index in [1.165, 1.54) is 6.33 Å². The van der Waals surface area contributed by atoms with Gasteiger partial charge in [-0.3, -0.25) is 0 Å². The second-order valence-electron chi connectivity index (χ2n) is 6.45. The van der Waals surface area contributed by atoms with Crippen LogP contribution in [0.25, 0.3) is 0 Å². The van der Waals surface area contributed by atoms with Gasteiger partial charge in [0.1, 0.15) is 12.4 Å². The Morgan fingerprint density at radius 1 is 1.08 bits per heavy atom. The van der Waals surface area contributed by atoms with E-state index in [4.69, 9.17) is 0 Å². The quantitative estimate of drug-likeness (QED) is 0.621. The Morgan fingerprint density at radius 2 is 1.80 bits per heavy atom. The molecule has 2 atom stereocenters. The predicted molar refractivity (Wildman–Crippen MR) is 90.9 cm³/mol. The van der Waals surface area contributed by atoms with E-state index in [1.54, 1.807) is 28.9 Å². The van der Waals surface area contributed by atoms with Gasteiger partial charge in [0.15, 0.2) is 5.92 Å². The van der Waals surface area contributed by atoms with Crippen molar-refractivity contribution in [3.63, 3.8) is 0 Å². The van der Waals surface area contributed by atoms with Crippen molar-refractivity contribution in [1.29, 1.82) is 0 Å². The highest BCUT2D eigenvalue weighted by molar-refractivity contribution is 6.13. The summed E-state index contributed by atoms with van der Waals surface area (Å²) in [5.74, 6) is -0.326. The highest BCUT2D eigenvalue weighted by Gasteiger charge is 2.52. The van der Waals surface area contributed by atoms with Crippen LogP contribution >= 0.6 is 0 Å². The first-order valence-electron chi connectivity index (χ1n) is 8.45. The first-order valence-corrected chi connectivity index (χ1v) is 8.45. The molecule has 2 aromatic rings. The molecule has 4 rings (SSSR count). The van der Waals surface area contributed by atoms with E-state index in [-0.39, 0.29) is 17.9 Å². The standard InChI is InChI=1S/C19H19N4O2/c1-22-16-9-5-8-15(14-10-20-12-21-11-14)23(16)19(25)17(18(22)24)13-6-3-2-4-7-13/h2-4,6-7,10-12,15,17H,5,8-9H2,1H3/q+1. The molecule has 0 spiro atoms. The Bertz CT molecular complexity index is 848. The number of hydrogen-bond donors (Lipinski definition) is 0. The molecule has 0 N–H and O–H groups in total. The maximum absolute atomic E-state index is 13.3. The van der Waals surface area contributed by atoms with E-state index in [9.17, 15) is 9.59 Å². The summed E-state index contributed by atoms with van der Waals surface area (Å²) in [6.07, 6.45) is 7.47. The van der Waals surface area contributed by atoms with Gasteiger partial charge in [-0.15, -0.1) is 0 Å². The smallest absolute Gasteiger partial charge is 0.245 e. The summed E-state index contributed by atoms with van der Waals surface area (Å²) in [7, 11) is 1.76. The van der Waals surface area contributed by atoms with Gasteiger partial charge in [-0.1, -0.05) is 30.3 Å². The van der Waals surface area contributed by atoms with E-state index in [1.807, 2.05) is 30.3 Å². The molecule has 3 heterocycles. The Kier molecular flexibility index (Phi) is 3.87. The highest BCUT2D eigenvalue weighted by Crippen LogP contribution is 2.37. The molecule has 1 aromatic carbocycles. The first kappa shape index (κ1) is 15.6. The summed E-state index contributed by atoms with van der Waals surface area (Å²) in [6.45, 7) is 0. The number of amides is 2. The molecule has 126 valence electrons. The number of amidine groups is 1. The van der Waals surface area contributed by atoms with Crippen molar-refractivity contribution in [1.82, 2.24) is 14.9 Å². The molecule has 1 saturated heterocycles. The molecular weight excluding hydrogens is 316 g/mol. The molecule has 2 unspecified atom stereocenters. The molecule has 2 amide bonds. The van der Waals surface area contributed by atoms with Crippen LogP contribution in [-0.4, -0.2) is 44.1 Å². The number of fused-ring (bicyclic) bond motifs is 1. The zero-order chi connectivity index (χ0) is 17.4. The van der Waals surface area contributed by atoms with Gasteiger partial charge in [0.25, 0.3) is 5.84 Å². The minimum Gasteiger partial charge on any atom is -0.245 e. The average Bonchev–Trinajstić information content (AvgIpc) is 2.67. The number of carbonyl (C=O) groups is 2. The molecule has 2 aliphatic heterocycles. The van der Waals surface area contributed by atoms with Gasteiger partial charge >= 0.3 is 11.8 Å². The van der Waals surface area contributed by atoms with Crippen LogP contribution in [0.3, 0.4) is 0 Å². The van der Waals surface area contributed by atoms with Crippen molar-refractivity contribution >= 4 is 17.6 Å². The van der Waals surface area contributed by atoms with Crippen LogP contribution in [-0.2, 0) is 9.59 Å². The Balaban J connectivity index is 1.82. The van der Waals surface area contributed by atoms with Crippen molar-refractivity contribution in [2.75, 3.05) is 7.05 Å². The number of benzene rings is 1. The average molecular weight is 335 g/mol. The largest absolute Gasteiger partial charge is 0.329 e. The van der Waals surface area contributed by atoms with Crippen LogP contribution < -0.4 is 0 Å². The number of likely N-dealkylation sites (N-methyl/N-ethyl adjacent to an activating group) is 1. The third-order valence-corrected chi connectivity index (χ3v) is 5.02. The molecule has 0 radical (unpaired) electrons. The lowest BCUT2D eigenvalue weighted by Crippen LogP contribution is -2.55. The fourth-order valence-electron chi connectivity index (χ4n) is 3.79. The molecular formula is C19H19N4O2+. The molecule has 1 fully saturated rings. The third-order valence-electron chi connectivity index (χ3n) is 5.02. The number of piperidine rings is 1. The van der Waals surface area contributed by atoms with E-state index >= 15 is 0 Å². The normalized spacial score (nSPS) is 23.6. The van der Waals surface area contributed by atoms with Crippen LogP contribution in [0, 0.1) is 0 Å². The Hall–Kier alpha value is -2.89. The van der Waals surface area contributed by atoms with Crippen LogP contribution in [0.5, 0.6) is 0 Å². The van der Waals surface area contributed by atoms with Crippen molar-refractivity contribution in [3.05, 3.63) is 60.2 Å². The lowest BCUT2D eigenvalue weighted by Gasteiger charge is -2.35. The second kappa shape index (κ2) is 6.20. The Morgan fingerprint density at radius 3 is 2.52 bits per heavy atom. The molecule has 1 aromatic heterocycles. The minimum absolute atomic E-state index is 0.126. The van der Waals surface area contributed by atoms with Crippen LogP contribution in [0.2, 0.25) is 0 Å². The van der Waals surface area contributed by atoms with Crippen molar-refractivity contribution in [3.8, 4) is 0 Å². The van der Waals surface area contributed by atoms with Gasteiger partial charge in [0.2, 0.25) is 0 Å². The first-order chi connectivity index (χ1) is 12.2. The van der Waals surface area contributed by atoms with Gasteiger partial charge < -0.3 is 0 Å². The number of carbonyl (C=O) groups excluding carboxylic acids is 2. The fraction of sp³-hybridized carbons (Fsp3) is 0.316.